The van der Waals surface area contributed by atoms with Crippen LogP contribution < -0.4 is 15.4 Å². The largest absolute Gasteiger partial charge is 0.495 e. The van der Waals surface area contributed by atoms with Crippen molar-refractivity contribution in [3.8, 4) is 5.75 Å². The van der Waals surface area contributed by atoms with Crippen LogP contribution >= 0.6 is 11.6 Å². The molecule has 1 fully saturated rings. The third-order valence-corrected chi connectivity index (χ3v) is 4.80. The third-order valence-electron chi connectivity index (χ3n) is 4.39. The van der Waals surface area contributed by atoms with Gasteiger partial charge in [0.15, 0.2) is 11.6 Å². The van der Waals surface area contributed by atoms with Crippen LogP contribution in [0.5, 0.6) is 5.75 Å². The molecule has 1 aliphatic carbocycles. The van der Waals surface area contributed by atoms with E-state index in [0.717, 1.165) is 17.7 Å². The second-order valence-corrected chi connectivity index (χ2v) is 6.76. The summed E-state index contributed by atoms with van der Waals surface area (Å²) in [5, 5.41) is 5.75. The average molecular weight is 395 g/mol. The molecular weight excluding hydrogens is 378 g/mol. The van der Waals surface area contributed by atoms with E-state index in [1.165, 1.54) is 13.2 Å². The molecule has 1 aliphatic rings. The van der Waals surface area contributed by atoms with Crippen molar-refractivity contribution in [2.24, 2.45) is 11.8 Å². The van der Waals surface area contributed by atoms with Crippen LogP contribution in [0.2, 0.25) is 5.02 Å². The summed E-state index contributed by atoms with van der Waals surface area (Å²) in [4.78, 5) is 24.6. The Morgan fingerprint density at radius 3 is 2.37 bits per heavy atom. The predicted octanol–water partition coefficient (Wildman–Crippen LogP) is 4.15. The SMILES string of the molecule is COc1cc(Cl)c(C)cc1NC(=O)C1CC1C(=O)Nc1ccc(F)c(F)c1. The summed E-state index contributed by atoms with van der Waals surface area (Å²) in [6, 6.07) is 6.38. The number of anilines is 2. The number of carbonyl (C=O) groups excluding carboxylic acids is 2. The van der Waals surface area contributed by atoms with Gasteiger partial charge in [-0.3, -0.25) is 9.59 Å². The van der Waals surface area contributed by atoms with Gasteiger partial charge < -0.3 is 15.4 Å². The Balaban J connectivity index is 1.62. The number of benzene rings is 2. The van der Waals surface area contributed by atoms with Gasteiger partial charge in [0.25, 0.3) is 0 Å². The molecule has 2 unspecified atom stereocenters. The maximum Gasteiger partial charge on any atom is 0.228 e. The van der Waals surface area contributed by atoms with E-state index in [0.29, 0.717) is 22.9 Å². The highest BCUT2D eigenvalue weighted by Gasteiger charge is 2.48. The van der Waals surface area contributed by atoms with Crippen LogP contribution in [0.15, 0.2) is 30.3 Å². The van der Waals surface area contributed by atoms with Crippen LogP contribution in [0.25, 0.3) is 0 Å². The molecule has 2 aromatic rings. The first-order valence-electron chi connectivity index (χ1n) is 8.21. The van der Waals surface area contributed by atoms with Gasteiger partial charge in [0.2, 0.25) is 11.8 Å². The van der Waals surface area contributed by atoms with Gasteiger partial charge in [0.1, 0.15) is 5.75 Å². The Bertz CT molecular complexity index is 920. The predicted molar refractivity (Wildman–Crippen MR) is 98.0 cm³/mol. The topological polar surface area (TPSA) is 67.4 Å². The lowest BCUT2D eigenvalue weighted by atomic mass is 10.2. The maximum absolute atomic E-state index is 13.2. The number of rotatable bonds is 5. The van der Waals surface area contributed by atoms with E-state index in [1.807, 2.05) is 0 Å². The van der Waals surface area contributed by atoms with Gasteiger partial charge in [-0.2, -0.15) is 0 Å². The minimum absolute atomic E-state index is 0.139. The van der Waals surface area contributed by atoms with Crippen molar-refractivity contribution >= 4 is 34.8 Å². The summed E-state index contributed by atoms with van der Waals surface area (Å²) >= 11 is 6.04. The molecule has 2 aromatic carbocycles. The van der Waals surface area contributed by atoms with Crippen LogP contribution in [0, 0.1) is 30.4 Å². The van der Waals surface area contributed by atoms with Gasteiger partial charge in [0.05, 0.1) is 24.6 Å². The Hall–Kier alpha value is -2.67. The minimum Gasteiger partial charge on any atom is -0.495 e. The number of amides is 2. The average Bonchev–Trinajstić information content (AvgIpc) is 3.42. The molecule has 0 radical (unpaired) electrons. The summed E-state index contributed by atoms with van der Waals surface area (Å²) in [6.45, 7) is 1.80. The molecule has 0 saturated heterocycles. The Kier molecular flexibility index (Phi) is 5.32. The minimum atomic E-state index is -1.05. The highest BCUT2D eigenvalue weighted by molar-refractivity contribution is 6.31. The standard InChI is InChI=1S/C19H17ClF2N2O3/c1-9-5-16(17(27-2)8-13(9)20)24-19(26)12-7-11(12)18(25)23-10-3-4-14(21)15(22)6-10/h3-6,8,11-12H,7H2,1-2H3,(H,23,25)(H,24,26). The summed E-state index contributed by atoms with van der Waals surface area (Å²) in [5.74, 6) is -3.40. The van der Waals surface area contributed by atoms with Crippen molar-refractivity contribution in [3.63, 3.8) is 0 Å². The molecule has 27 heavy (non-hydrogen) atoms. The van der Waals surface area contributed by atoms with Crippen LogP contribution in [0.4, 0.5) is 20.2 Å². The van der Waals surface area contributed by atoms with Gasteiger partial charge in [-0.15, -0.1) is 0 Å². The van der Waals surface area contributed by atoms with Crippen molar-refractivity contribution in [3.05, 3.63) is 52.6 Å². The van der Waals surface area contributed by atoms with Crippen LogP contribution in [0.3, 0.4) is 0 Å². The van der Waals surface area contributed by atoms with Crippen molar-refractivity contribution in [2.45, 2.75) is 13.3 Å². The van der Waals surface area contributed by atoms with Crippen LogP contribution in [0.1, 0.15) is 12.0 Å². The van der Waals surface area contributed by atoms with Crippen molar-refractivity contribution < 1.29 is 23.1 Å². The molecular formula is C19H17ClF2N2O3. The third kappa shape index (κ3) is 4.19. The number of methoxy groups -OCH3 is 1. The van der Waals surface area contributed by atoms with E-state index in [-0.39, 0.29) is 11.6 Å². The fourth-order valence-electron chi connectivity index (χ4n) is 2.74. The highest BCUT2D eigenvalue weighted by atomic mass is 35.5. The number of aryl methyl sites for hydroxylation is 1. The number of halogens is 3. The first-order chi connectivity index (χ1) is 12.8. The number of ether oxygens (including phenoxy) is 1. The normalized spacial score (nSPS) is 18.0. The quantitative estimate of drug-likeness (QED) is 0.800. The molecule has 0 aromatic heterocycles. The van der Waals surface area contributed by atoms with E-state index in [2.05, 4.69) is 10.6 Å². The lowest BCUT2D eigenvalue weighted by Crippen LogP contribution is -2.21. The molecule has 2 N–H and O–H groups in total. The van der Waals surface area contributed by atoms with Gasteiger partial charge in [0, 0.05) is 22.8 Å². The van der Waals surface area contributed by atoms with Crippen LogP contribution in [-0.4, -0.2) is 18.9 Å². The van der Waals surface area contributed by atoms with E-state index in [1.54, 1.807) is 19.1 Å². The van der Waals surface area contributed by atoms with Gasteiger partial charge in [-0.25, -0.2) is 8.78 Å². The highest BCUT2D eigenvalue weighted by Crippen LogP contribution is 2.41. The summed E-state index contributed by atoms with van der Waals surface area (Å²) in [5.41, 5.74) is 1.38. The van der Waals surface area contributed by atoms with Crippen molar-refractivity contribution in [2.75, 3.05) is 17.7 Å². The van der Waals surface area contributed by atoms with Gasteiger partial charge >= 0.3 is 0 Å². The van der Waals surface area contributed by atoms with E-state index >= 15 is 0 Å². The van der Waals surface area contributed by atoms with Crippen molar-refractivity contribution in [1.29, 1.82) is 0 Å². The summed E-state index contributed by atoms with van der Waals surface area (Å²) < 4.78 is 31.4. The summed E-state index contributed by atoms with van der Waals surface area (Å²) in [6.07, 6.45) is 0.371. The second-order valence-electron chi connectivity index (χ2n) is 6.36. The fraction of sp³-hybridized carbons (Fsp3) is 0.263. The number of carbonyl (C=O) groups is 2. The number of hydrogen-bond acceptors (Lipinski definition) is 3. The zero-order chi connectivity index (χ0) is 19.7. The maximum atomic E-state index is 13.2. The number of hydrogen-bond donors (Lipinski definition) is 2. The Morgan fingerprint density at radius 1 is 1.07 bits per heavy atom. The fourth-order valence-corrected chi connectivity index (χ4v) is 2.89. The Labute approximate surface area is 159 Å². The molecule has 3 rings (SSSR count). The smallest absolute Gasteiger partial charge is 0.228 e. The zero-order valence-electron chi connectivity index (χ0n) is 14.6. The molecule has 8 heteroatoms. The first kappa shape index (κ1) is 19.1. The number of nitrogens with one attached hydrogen (secondary N) is 2. The molecule has 0 aliphatic heterocycles. The lowest BCUT2D eigenvalue weighted by molar-refractivity contribution is -0.122. The van der Waals surface area contributed by atoms with Gasteiger partial charge in [-0.1, -0.05) is 11.6 Å². The van der Waals surface area contributed by atoms with Crippen molar-refractivity contribution in [1.82, 2.24) is 0 Å². The molecule has 142 valence electrons. The first-order valence-corrected chi connectivity index (χ1v) is 8.59. The Morgan fingerprint density at radius 2 is 1.74 bits per heavy atom. The molecule has 2 atom stereocenters. The summed E-state index contributed by atoms with van der Waals surface area (Å²) in [7, 11) is 1.46. The molecule has 5 nitrogen and oxygen atoms in total. The molecule has 1 saturated carbocycles. The zero-order valence-corrected chi connectivity index (χ0v) is 15.4. The molecule has 0 heterocycles. The molecule has 2 amide bonds. The van der Waals surface area contributed by atoms with E-state index in [9.17, 15) is 18.4 Å². The van der Waals surface area contributed by atoms with E-state index < -0.39 is 29.4 Å². The monoisotopic (exact) mass is 394 g/mol. The van der Waals surface area contributed by atoms with Gasteiger partial charge in [-0.05, 0) is 37.1 Å². The van der Waals surface area contributed by atoms with E-state index in [4.69, 9.17) is 16.3 Å². The molecule has 0 bridgehead atoms. The van der Waals surface area contributed by atoms with Crippen LogP contribution in [-0.2, 0) is 9.59 Å². The second kappa shape index (κ2) is 7.52. The lowest BCUT2D eigenvalue weighted by Gasteiger charge is -2.12. The molecule has 0 spiro atoms.